The van der Waals surface area contributed by atoms with Gasteiger partial charge in [0, 0.05) is 44.0 Å². The number of hydrazine groups is 1. The fraction of sp³-hybridized carbons (Fsp3) is 0.500. The van der Waals surface area contributed by atoms with Crippen molar-refractivity contribution >= 4 is 17.4 Å². The van der Waals surface area contributed by atoms with Crippen molar-refractivity contribution in [2.24, 2.45) is 5.84 Å². The summed E-state index contributed by atoms with van der Waals surface area (Å²) in [6.07, 6.45) is 2.14. The number of nitrogens with two attached hydrogens (primary N) is 1. The van der Waals surface area contributed by atoms with Gasteiger partial charge in [0.25, 0.3) is 0 Å². The Morgan fingerprint density at radius 2 is 2.17 bits per heavy atom. The number of hydrogen-bond donors (Lipinski definition) is 3. The molecule has 0 aromatic carbocycles. The maximum absolute atomic E-state index is 11.8. The summed E-state index contributed by atoms with van der Waals surface area (Å²) in [5, 5.41) is 3.17. The second kappa shape index (κ2) is 7.50. The van der Waals surface area contributed by atoms with Gasteiger partial charge in [0.05, 0.1) is 0 Å². The van der Waals surface area contributed by atoms with E-state index >= 15 is 0 Å². The van der Waals surface area contributed by atoms with Crippen molar-refractivity contribution in [3.05, 3.63) is 18.3 Å². The maximum atomic E-state index is 11.8. The monoisotopic (exact) mass is 251 g/mol. The zero-order chi connectivity index (χ0) is 13.4. The Labute approximate surface area is 108 Å². The Bertz CT molecular complexity index is 378. The molecule has 0 aliphatic rings. The van der Waals surface area contributed by atoms with Crippen molar-refractivity contribution in [3.63, 3.8) is 0 Å². The van der Waals surface area contributed by atoms with Crippen LogP contribution >= 0.6 is 0 Å². The molecule has 6 nitrogen and oxygen atoms in total. The normalized spacial score (nSPS) is 9.94. The molecule has 0 bridgehead atoms. The van der Waals surface area contributed by atoms with Crippen LogP contribution in [0.1, 0.15) is 20.3 Å². The van der Waals surface area contributed by atoms with E-state index in [4.69, 9.17) is 5.84 Å². The van der Waals surface area contributed by atoms with E-state index in [2.05, 4.69) is 15.7 Å². The molecule has 0 saturated heterocycles. The quantitative estimate of drug-likeness (QED) is 0.498. The fourth-order valence-electron chi connectivity index (χ4n) is 1.67. The zero-order valence-corrected chi connectivity index (χ0v) is 10.9. The average Bonchev–Trinajstić information content (AvgIpc) is 2.40. The molecular weight excluding hydrogens is 230 g/mol. The van der Waals surface area contributed by atoms with Gasteiger partial charge in [-0.15, -0.1) is 0 Å². The predicted molar refractivity (Wildman–Crippen MR) is 73.1 cm³/mol. The van der Waals surface area contributed by atoms with Crippen molar-refractivity contribution in [1.82, 2.24) is 9.88 Å². The largest absolute Gasteiger partial charge is 0.384 e. The molecule has 1 rings (SSSR count). The van der Waals surface area contributed by atoms with Crippen LogP contribution in [-0.4, -0.2) is 35.4 Å². The van der Waals surface area contributed by atoms with E-state index in [9.17, 15) is 4.79 Å². The van der Waals surface area contributed by atoms with E-state index in [1.807, 2.05) is 24.8 Å². The molecular formula is C12H21N5O. The first-order valence-electron chi connectivity index (χ1n) is 6.15. The standard InChI is InChI=1S/C12H21N5O/c1-3-17(4-2)12(18)6-8-14-10-5-7-15-11(9-10)16-13/h5,7,9H,3-4,6,8,13H2,1-2H3,(H2,14,15,16). The van der Waals surface area contributed by atoms with Crippen LogP contribution in [-0.2, 0) is 4.79 Å². The molecule has 0 atom stereocenters. The Kier molecular flexibility index (Phi) is 5.93. The molecule has 1 amide bonds. The average molecular weight is 251 g/mol. The number of amides is 1. The number of carbonyl (C=O) groups excluding carboxylic acids is 1. The highest BCUT2D eigenvalue weighted by atomic mass is 16.2. The van der Waals surface area contributed by atoms with E-state index in [-0.39, 0.29) is 5.91 Å². The number of anilines is 2. The highest BCUT2D eigenvalue weighted by molar-refractivity contribution is 5.76. The lowest BCUT2D eigenvalue weighted by Gasteiger charge is -2.18. The van der Waals surface area contributed by atoms with Crippen LogP contribution in [0.5, 0.6) is 0 Å². The lowest BCUT2D eigenvalue weighted by molar-refractivity contribution is -0.130. The summed E-state index contributed by atoms with van der Waals surface area (Å²) in [4.78, 5) is 17.6. The summed E-state index contributed by atoms with van der Waals surface area (Å²) in [7, 11) is 0. The van der Waals surface area contributed by atoms with Crippen LogP contribution in [0.4, 0.5) is 11.5 Å². The lowest BCUT2D eigenvalue weighted by atomic mass is 10.3. The third kappa shape index (κ3) is 4.21. The Balaban J connectivity index is 2.39. The number of nitrogens with zero attached hydrogens (tertiary/aromatic N) is 2. The Morgan fingerprint density at radius 3 is 2.78 bits per heavy atom. The number of carbonyl (C=O) groups is 1. The molecule has 100 valence electrons. The van der Waals surface area contributed by atoms with Gasteiger partial charge >= 0.3 is 0 Å². The topological polar surface area (TPSA) is 83.3 Å². The van der Waals surface area contributed by atoms with Crippen LogP contribution in [0.25, 0.3) is 0 Å². The fourth-order valence-corrected chi connectivity index (χ4v) is 1.67. The summed E-state index contributed by atoms with van der Waals surface area (Å²) >= 11 is 0. The third-order valence-corrected chi connectivity index (χ3v) is 2.69. The van der Waals surface area contributed by atoms with E-state index < -0.39 is 0 Å². The second-order valence-electron chi connectivity index (χ2n) is 3.82. The first-order valence-corrected chi connectivity index (χ1v) is 6.15. The summed E-state index contributed by atoms with van der Waals surface area (Å²) in [6.45, 7) is 6.08. The molecule has 0 aliphatic heterocycles. The van der Waals surface area contributed by atoms with Gasteiger partial charge in [-0.1, -0.05) is 0 Å². The van der Waals surface area contributed by atoms with Crippen LogP contribution < -0.4 is 16.6 Å². The third-order valence-electron chi connectivity index (χ3n) is 2.69. The molecule has 6 heteroatoms. The van der Waals surface area contributed by atoms with E-state index in [0.717, 1.165) is 18.8 Å². The van der Waals surface area contributed by atoms with Gasteiger partial charge in [0.2, 0.25) is 5.91 Å². The number of rotatable bonds is 7. The van der Waals surface area contributed by atoms with Crippen LogP contribution in [0.2, 0.25) is 0 Å². The molecule has 0 saturated carbocycles. The zero-order valence-electron chi connectivity index (χ0n) is 10.9. The van der Waals surface area contributed by atoms with Gasteiger partial charge in [0.15, 0.2) is 0 Å². The van der Waals surface area contributed by atoms with Crippen molar-refractivity contribution in [2.45, 2.75) is 20.3 Å². The van der Waals surface area contributed by atoms with Crippen LogP contribution in [0.3, 0.4) is 0 Å². The maximum Gasteiger partial charge on any atom is 0.224 e. The molecule has 1 aromatic heterocycles. The molecule has 0 aliphatic carbocycles. The smallest absolute Gasteiger partial charge is 0.224 e. The first-order chi connectivity index (χ1) is 8.71. The molecule has 1 aromatic rings. The Hall–Kier alpha value is -1.82. The van der Waals surface area contributed by atoms with Gasteiger partial charge in [0.1, 0.15) is 5.82 Å². The minimum absolute atomic E-state index is 0.165. The van der Waals surface area contributed by atoms with Crippen molar-refractivity contribution in [3.8, 4) is 0 Å². The first kappa shape index (κ1) is 14.2. The number of nitrogen functional groups attached to an aromatic ring is 1. The molecule has 1 heterocycles. The van der Waals surface area contributed by atoms with Crippen LogP contribution in [0.15, 0.2) is 18.3 Å². The van der Waals surface area contributed by atoms with E-state index in [0.29, 0.717) is 18.8 Å². The van der Waals surface area contributed by atoms with Gasteiger partial charge in [-0.25, -0.2) is 10.8 Å². The van der Waals surface area contributed by atoms with Gasteiger partial charge < -0.3 is 15.6 Å². The summed E-state index contributed by atoms with van der Waals surface area (Å²) in [6, 6.07) is 3.63. The molecule has 0 radical (unpaired) electrons. The van der Waals surface area contributed by atoms with Gasteiger partial charge in [-0.2, -0.15) is 0 Å². The molecule has 0 spiro atoms. The Morgan fingerprint density at radius 1 is 1.44 bits per heavy atom. The van der Waals surface area contributed by atoms with Crippen molar-refractivity contribution in [1.29, 1.82) is 0 Å². The number of hydrogen-bond acceptors (Lipinski definition) is 5. The number of pyridine rings is 1. The molecule has 0 unspecified atom stereocenters. The summed E-state index contributed by atoms with van der Waals surface area (Å²) in [5.74, 6) is 6.03. The number of nitrogens with one attached hydrogen (secondary N) is 2. The lowest BCUT2D eigenvalue weighted by Crippen LogP contribution is -2.31. The highest BCUT2D eigenvalue weighted by Gasteiger charge is 2.08. The molecule has 0 fully saturated rings. The highest BCUT2D eigenvalue weighted by Crippen LogP contribution is 2.10. The van der Waals surface area contributed by atoms with Gasteiger partial charge in [-0.05, 0) is 19.9 Å². The minimum atomic E-state index is 0.165. The predicted octanol–water partition coefficient (Wildman–Crippen LogP) is 1.04. The molecule has 18 heavy (non-hydrogen) atoms. The van der Waals surface area contributed by atoms with Gasteiger partial charge in [-0.3, -0.25) is 4.79 Å². The second-order valence-corrected chi connectivity index (χ2v) is 3.82. The van der Waals surface area contributed by atoms with E-state index in [1.165, 1.54) is 0 Å². The van der Waals surface area contributed by atoms with Crippen molar-refractivity contribution in [2.75, 3.05) is 30.4 Å². The SMILES string of the molecule is CCN(CC)C(=O)CCNc1ccnc(NN)c1. The van der Waals surface area contributed by atoms with Crippen molar-refractivity contribution < 1.29 is 4.79 Å². The molecule has 4 N–H and O–H groups in total. The summed E-state index contributed by atoms with van der Waals surface area (Å²) < 4.78 is 0. The minimum Gasteiger partial charge on any atom is -0.384 e. The number of aromatic nitrogens is 1. The summed E-state index contributed by atoms with van der Waals surface area (Å²) in [5.41, 5.74) is 3.37. The van der Waals surface area contributed by atoms with E-state index in [1.54, 1.807) is 12.3 Å². The van der Waals surface area contributed by atoms with Crippen LogP contribution in [0, 0.1) is 0 Å².